The molecular weight excluding hydrogens is 209 g/mol. The Morgan fingerprint density at radius 3 is 2.94 bits per heavy atom. The van der Waals surface area contributed by atoms with Crippen molar-refractivity contribution in [1.82, 2.24) is 5.32 Å². The number of benzene rings is 1. The number of hydrogen-bond donors (Lipinski definition) is 2. The molecule has 2 aromatic rings. The third kappa shape index (κ3) is 1.81. The van der Waals surface area contributed by atoms with E-state index in [0.29, 0.717) is 5.56 Å². The summed E-state index contributed by atoms with van der Waals surface area (Å²) in [6, 6.07) is 6.95. The van der Waals surface area contributed by atoms with Crippen molar-refractivity contribution < 1.29 is 13.9 Å². The second-order valence-corrected chi connectivity index (χ2v) is 3.87. The summed E-state index contributed by atoms with van der Waals surface area (Å²) in [5.74, 6) is 0. The minimum atomic E-state index is -1.47. The van der Waals surface area contributed by atoms with Crippen molar-refractivity contribution in [2.24, 2.45) is 0 Å². The van der Waals surface area contributed by atoms with Crippen LogP contribution in [0.4, 0.5) is 4.39 Å². The maximum Gasteiger partial charge on any atom is 0.133 e. The minimum Gasteiger partial charge on any atom is -0.464 e. The summed E-state index contributed by atoms with van der Waals surface area (Å²) in [5, 5.41) is 13.8. The molecule has 0 fully saturated rings. The van der Waals surface area contributed by atoms with Crippen LogP contribution in [-0.4, -0.2) is 25.4 Å². The first-order chi connectivity index (χ1) is 7.69. The summed E-state index contributed by atoms with van der Waals surface area (Å²) < 4.78 is 18.1. The monoisotopic (exact) mass is 223 g/mol. The average Bonchev–Trinajstić information content (AvgIpc) is 2.76. The largest absolute Gasteiger partial charge is 0.464 e. The van der Waals surface area contributed by atoms with Gasteiger partial charge in [-0.05, 0) is 30.8 Å². The van der Waals surface area contributed by atoms with Crippen LogP contribution in [0.25, 0.3) is 11.0 Å². The number of alkyl halides is 1. The van der Waals surface area contributed by atoms with Crippen molar-refractivity contribution in [3.8, 4) is 0 Å². The SMILES string of the molecule is CNCC(O)(CF)c1ccc2occc2c1. The molecule has 0 aliphatic heterocycles. The number of aliphatic hydroxyl groups is 1. The second kappa shape index (κ2) is 4.23. The quantitative estimate of drug-likeness (QED) is 0.831. The summed E-state index contributed by atoms with van der Waals surface area (Å²) >= 11 is 0. The number of hydrogen-bond acceptors (Lipinski definition) is 3. The summed E-state index contributed by atoms with van der Waals surface area (Å²) in [6.45, 7) is -0.649. The third-order valence-corrected chi connectivity index (χ3v) is 2.68. The molecule has 1 aromatic carbocycles. The van der Waals surface area contributed by atoms with Crippen LogP contribution in [0.1, 0.15) is 5.56 Å². The predicted molar refractivity (Wildman–Crippen MR) is 60.0 cm³/mol. The lowest BCUT2D eigenvalue weighted by Gasteiger charge is -2.25. The molecule has 0 saturated carbocycles. The Hall–Kier alpha value is -1.39. The van der Waals surface area contributed by atoms with E-state index < -0.39 is 12.3 Å². The minimum absolute atomic E-state index is 0.173. The highest BCUT2D eigenvalue weighted by Crippen LogP contribution is 2.25. The fourth-order valence-electron chi connectivity index (χ4n) is 1.78. The topological polar surface area (TPSA) is 45.4 Å². The Morgan fingerprint density at radius 1 is 1.44 bits per heavy atom. The van der Waals surface area contributed by atoms with Gasteiger partial charge in [0.2, 0.25) is 0 Å². The Kier molecular flexibility index (Phi) is 2.94. The van der Waals surface area contributed by atoms with Crippen LogP contribution in [0.15, 0.2) is 34.9 Å². The number of nitrogens with one attached hydrogen (secondary N) is 1. The Balaban J connectivity index is 2.44. The number of fused-ring (bicyclic) bond motifs is 1. The predicted octanol–water partition coefficient (Wildman–Crippen LogP) is 1.81. The zero-order chi connectivity index (χ0) is 11.6. The Morgan fingerprint density at radius 2 is 2.25 bits per heavy atom. The van der Waals surface area contributed by atoms with E-state index in [1.807, 2.05) is 0 Å². The standard InChI is InChI=1S/C12H14FNO2/c1-14-8-12(15,7-13)10-2-3-11-9(6-10)4-5-16-11/h2-6,14-15H,7-8H2,1H3. The summed E-state index contributed by atoms with van der Waals surface area (Å²) in [7, 11) is 1.68. The van der Waals surface area contributed by atoms with Crippen molar-refractivity contribution in [2.75, 3.05) is 20.3 Å². The van der Waals surface area contributed by atoms with E-state index in [9.17, 15) is 9.50 Å². The van der Waals surface area contributed by atoms with E-state index in [0.717, 1.165) is 11.0 Å². The van der Waals surface area contributed by atoms with Crippen LogP contribution >= 0.6 is 0 Å². The second-order valence-electron chi connectivity index (χ2n) is 3.87. The molecule has 3 nitrogen and oxygen atoms in total. The molecule has 0 spiro atoms. The fraction of sp³-hybridized carbons (Fsp3) is 0.333. The first-order valence-corrected chi connectivity index (χ1v) is 5.10. The van der Waals surface area contributed by atoms with Gasteiger partial charge < -0.3 is 14.8 Å². The highest BCUT2D eigenvalue weighted by atomic mass is 19.1. The van der Waals surface area contributed by atoms with Crippen molar-refractivity contribution in [1.29, 1.82) is 0 Å². The number of rotatable bonds is 4. The molecular formula is C12H14FNO2. The van der Waals surface area contributed by atoms with Crippen LogP contribution in [0.2, 0.25) is 0 Å². The molecule has 0 aliphatic carbocycles. The molecule has 0 saturated heterocycles. The summed E-state index contributed by atoms with van der Waals surface area (Å²) in [6.07, 6.45) is 1.57. The van der Waals surface area contributed by atoms with Crippen LogP contribution in [0.5, 0.6) is 0 Å². The van der Waals surface area contributed by atoms with Crippen LogP contribution in [0, 0.1) is 0 Å². The van der Waals surface area contributed by atoms with Crippen molar-refractivity contribution >= 4 is 11.0 Å². The van der Waals surface area contributed by atoms with Gasteiger partial charge in [-0.25, -0.2) is 4.39 Å². The third-order valence-electron chi connectivity index (χ3n) is 2.68. The van der Waals surface area contributed by atoms with Crippen LogP contribution in [0.3, 0.4) is 0 Å². The zero-order valence-corrected chi connectivity index (χ0v) is 9.03. The summed E-state index contributed by atoms with van der Waals surface area (Å²) in [4.78, 5) is 0. The highest BCUT2D eigenvalue weighted by Gasteiger charge is 2.28. The fourth-order valence-corrected chi connectivity index (χ4v) is 1.78. The molecule has 1 heterocycles. The van der Waals surface area contributed by atoms with E-state index in [2.05, 4.69) is 5.32 Å². The molecule has 86 valence electrons. The molecule has 1 atom stereocenters. The maximum absolute atomic E-state index is 12.9. The van der Waals surface area contributed by atoms with E-state index in [1.165, 1.54) is 0 Å². The lowest BCUT2D eigenvalue weighted by molar-refractivity contribution is 0.0135. The van der Waals surface area contributed by atoms with Crippen molar-refractivity contribution in [3.05, 3.63) is 36.1 Å². The molecule has 1 aromatic heterocycles. The first-order valence-electron chi connectivity index (χ1n) is 5.10. The Labute approximate surface area is 92.9 Å². The van der Waals surface area contributed by atoms with Gasteiger partial charge in [0.05, 0.1) is 6.26 Å². The molecule has 2 rings (SSSR count). The van der Waals surface area contributed by atoms with E-state index in [1.54, 1.807) is 37.6 Å². The normalized spacial score (nSPS) is 15.2. The molecule has 2 N–H and O–H groups in total. The van der Waals surface area contributed by atoms with Crippen molar-refractivity contribution in [3.63, 3.8) is 0 Å². The average molecular weight is 223 g/mol. The molecule has 16 heavy (non-hydrogen) atoms. The lowest BCUT2D eigenvalue weighted by Crippen LogP contribution is -2.38. The van der Waals surface area contributed by atoms with Gasteiger partial charge in [0, 0.05) is 11.9 Å². The van der Waals surface area contributed by atoms with Gasteiger partial charge in [-0.3, -0.25) is 0 Å². The molecule has 0 aliphatic rings. The van der Waals surface area contributed by atoms with Crippen LogP contribution in [-0.2, 0) is 5.60 Å². The number of furan rings is 1. The highest BCUT2D eigenvalue weighted by molar-refractivity contribution is 5.78. The van der Waals surface area contributed by atoms with Gasteiger partial charge in [-0.15, -0.1) is 0 Å². The smallest absolute Gasteiger partial charge is 0.133 e. The first kappa shape index (κ1) is 11.1. The maximum atomic E-state index is 12.9. The van der Waals surface area contributed by atoms with Gasteiger partial charge in [-0.1, -0.05) is 6.07 Å². The van der Waals surface area contributed by atoms with Crippen LogP contribution < -0.4 is 5.32 Å². The molecule has 0 amide bonds. The zero-order valence-electron chi connectivity index (χ0n) is 9.03. The van der Waals surface area contributed by atoms with Gasteiger partial charge in [-0.2, -0.15) is 0 Å². The van der Waals surface area contributed by atoms with Gasteiger partial charge >= 0.3 is 0 Å². The molecule has 0 bridgehead atoms. The van der Waals surface area contributed by atoms with Gasteiger partial charge in [0.1, 0.15) is 17.9 Å². The summed E-state index contributed by atoms with van der Waals surface area (Å²) in [5.41, 5.74) is -0.187. The van der Waals surface area contributed by atoms with Crippen molar-refractivity contribution in [2.45, 2.75) is 5.60 Å². The lowest BCUT2D eigenvalue weighted by atomic mass is 9.94. The molecule has 0 radical (unpaired) electrons. The molecule has 4 heteroatoms. The number of halogens is 1. The Bertz CT molecular complexity index is 483. The van der Waals surface area contributed by atoms with Gasteiger partial charge in [0.25, 0.3) is 0 Å². The van der Waals surface area contributed by atoms with E-state index in [4.69, 9.17) is 4.42 Å². The van der Waals surface area contributed by atoms with E-state index >= 15 is 0 Å². The van der Waals surface area contributed by atoms with E-state index in [-0.39, 0.29) is 6.54 Å². The molecule has 1 unspecified atom stereocenters. The number of likely N-dealkylation sites (N-methyl/N-ethyl adjacent to an activating group) is 1. The van der Waals surface area contributed by atoms with Gasteiger partial charge in [0.15, 0.2) is 0 Å².